The number of anilines is 1. The van der Waals surface area contributed by atoms with Crippen LogP contribution in [0.1, 0.15) is 5.56 Å². The summed E-state index contributed by atoms with van der Waals surface area (Å²) in [6.07, 6.45) is 3.41. The first-order chi connectivity index (χ1) is 13.7. The molecule has 2 aromatic heterocycles. The van der Waals surface area contributed by atoms with Gasteiger partial charge >= 0.3 is 0 Å². The molecule has 1 aliphatic rings. The Bertz CT molecular complexity index is 962. The highest BCUT2D eigenvalue weighted by molar-refractivity contribution is 7.14. The first-order valence-electron chi connectivity index (χ1n) is 8.78. The maximum absolute atomic E-state index is 12.8. The van der Waals surface area contributed by atoms with Gasteiger partial charge in [0.2, 0.25) is 5.91 Å². The SMILES string of the molecule is O=C(Nc1nc(-c2cccnc2)cs1)[C@@H]1COCC(=O)N1Cc1ccccc1. The number of morpholine rings is 1. The van der Waals surface area contributed by atoms with Gasteiger partial charge in [-0.3, -0.25) is 14.6 Å². The zero-order chi connectivity index (χ0) is 19.3. The highest BCUT2D eigenvalue weighted by atomic mass is 32.1. The lowest BCUT2D eigenvalue weighted by molar-refractivity contribution is -0.154. The van der Waals surface area contributed by atoms with E-state index in [0.717, 1.165) is 16.8 Å². The Kier molecular flexibility index (Phi) is 5.41. The normalized spacial score (nSPS) is 16.8. The van der Waals surface area contributed by atoms with Crippen molar-refractivity contribution in [2.75, 3.05) is 18.5 Å². The quantitative estimate of drug-likeness (QED) is 0.719. The van der Waals surface area contributed by atoms with E-state index in [1.54, 1.807) is 17.3 Å². The molecule has 3 aromatic rings. The van der Waals surface area contributed by atoms with E-state index in [-0.39, 0.29) is 25.0 Å². The van der Waals surface area contributed by atoms with Gasteiger partial charge in [0.25, 0.3) is 5.91 Å². The topological polar surface area (TPSA) is 84.4 Å². The van der Waals surface area contributed by atoms with Crippen LogP contribution in [0, 0.1) is 0 Å². The minimum atomic E-state index is -0.702. The average Bonchev–Trinajstić information content (AvgIpc) is 3.19. The van der Waals surface area contributed by atoms with Crippen LogP contribution >= 0.6 is 11.3 Å². The third kappa shape index (κ3) is 4.08. The summed E-state index contributed by atoms with van der Waals surface area (Å²) in [4.78, 5) is 35.3. The zero-order valence-corrected chi connectivity index (χ0v) is 15.8. The van der Waals surface area contributed by atoms with Gasteiger partial charge in [-0.05, 0) is 17.7 Å². The first kappa shape index (κ1) is 18.3. The van der Waals surface area contributed by atoms with Gasteiger partial charge in [-0.15, -0.1) is 11.3 Å². The Morgan fingerprint density at radius 1 is 1.25 bits per heavy atom. The second-order valence-corrected chi connectivity index (χ2v) is 7.17. The molecule has 0 spiro atoms. The minimum absolute atomic E-state index is 0.0149. The second-order valence-electron chi connectivity index (χ2n) is 6.31. The number of rotatable bonds is 5. The summed E-state index contributed by atoms with van der Waals surface area (Å²) in [5, 5.41) is 5.14. The molecular weight excluding hydrogens is 376 g/mol. The number of hydrogen-bond donors (Lipinski definition) is 1. The zero-order valence-electron chi connectivity index (χ0n) is 14.9. The van der Waals surface area contributed by atoms with Crippen LogP contribution in [0.4, 0.5) is 5.13 Å². The third-order valence-electron chi connectivity index (χ3n) is 4.39. The number of amides is 2. The van der Waals surface area contributed by atoms with Crippen LogP contribution in [-0.4, -0.2) is 45.9 Å². The van der Waals surface area contributed by atoms with E-state index in [9.17, 15) is 9.59 Å². The van der Waals surface area contributed by atoms with Gasteiger partial charge in [0.1, 0.15) is 12.6 Å². The molecule has 0 bridgehead atoms. The second kappa shape index (κ2) is 8.28. The van der Waals surface area contributed by atoms with Crippen molar-refractivity contribution >= 4 is 28.3 Å². The molecule has 0 radical (unpaired) electrons. The fraction of sp³-hybridized carbons (Fsp3) is 0.200. The number of thiazole rings is 1. The summed E-state index contributed by atoms with van der Waals surface area (Å²) in [6, 6.07) is 12.6. The fourth-order valence-electron chi connectivity index (χ4n) is 2.97. The van der Waals surface area contributed by atoms with Crippen LogP contribution in [0.15, 0.2) is 60.2 Å². The predicted octanol–water partition coefficient (Wildman–Crippen LogP) is 2.57. The van der Waals surface area contributed by atoms with E-state index in [0.29, 0.717) is 11.7 Å². The van der Waals surface area contributed by atoms with Crippen LogP contribution < -0.4 is 5.32 Å². The summed E-state index contributed by atoms with van der Waals surface area (Å²) >= 11 is 1.33. The Balaban J connectivity index is 1.48. The standard InChI is InChI=1S/C20H18N4O3S/c25-18-12-27-11-17(24(18)10-14-5-2-1-3-6-14)19(26)23-20-22-16(13-28-20)15-7-4-8-21-9-15/h1-9,13,17H,10-12H2,(H,22,23,26)/t17-/m0/s1. The van der Waals surface area contributed by atoms with Crippen molar-refractivity contribution in [2.45, 2.75) is 12.6 Å². The minimum Gasteiger partial charge on any atom is -0.369 e. The molecule has 1 fully saturated rings. The molecule has 1 N–H and O–H groups in total. The van der Waals surface area contributed by atoms with E-state index in [4.69, 9.17) is 4.74 Å². The summed E-state index contributed by atoms with van der Waals surface area (Å²) < 4.78 is 5.32. The van der Waals surface area contributed by atoms with Crippen molar-refractivity contribution < 1.29 is 14.3 Å². The average molecular weight is 394 g/mol. The molecule has 7 nitrogen and oxygen atoms in total. The number of nitrogens with zero attached hydrogens (tertiary/aromatic N) is 3. The number of aromatic nitrogens is 2. The van der Waals surface area contributed by atoms with Gasteiger partial charge < -0.3 is 15.0 Å². The molecule has 4 rings (SSSR count). The summed E-state index contributed by atoms with van der Waals surface area (Å²) in [5.41, 5.74) is 2.58. The van der Waals surface area contributed by atoms with Gasteiger partial charge in [0.05, 0.1) is 12.3 Å². The van der Waals surface area contributed by atoms with Gasteiger partial charge in [-0.1, -0.05) is 30.3 Å². The molecule has 0 saturated carbocycles. The molecular formula is C20H18N4O3S. The van der Waals surface area contributed by atoms with Crippen molar-refractivity contribution in [3.8, 4) is 11.3 Å². The molecule has 142 valence electrons. The van der Waals surface area contributed by atoms with E-state index in [2.05, 4.69) is 15.3 Å². The van der Waals surface area contributed by atoms with Gasteiger partial charge in [0.15, 0.2) is 5.13 Å². The highest BCUT2D eigenvalue weighted by Gasteiger charge is 2.34. The fourth-order valence-corrected chi connectivity index (χ4v) is 3.69. The van der Waals surface area contributed by atoms with Crippen LogP contribution in [0.25, 0.3) is 11.3 Å². The Morgan fingerprint density at radius 3 is 2.89 bits per heavy atom. The van der Waals surface area contributed by atoms with Crippen LogP contribution in [0.2, 0.25) is 0 Å². The number of hydrogen-bond acceptors (Lipinski definition) is 6. The molecule has 28 heavy (non-hydrogen) atoms. The third-order valence-corrected chi connectivity index (χ3v) is 5.15. The van der Waals surface area contributed by atoms with E-state index in [1.165, 1.54) is 11.3 Å². The Hall–Kier alpha value is -3.10. The highest BCUT2D eigenvalue weighted by Crippen LogP contribution is 2.25. The van der Waals surface area contributed by atoms with Crippen LogP contribution in [0.5, 0.6) is 0 Å². The molecule has 0 aliphatic carbocycles. The molecule has 3 heterocycles. The monoisotopic (exact) mass is 394 g/mol. The van der Waals surface area contributed by atoms with Crippen LogP contribution in [-0.2, 0) is 20.9 Å². The number of ether oxygens (including phenoxy) is 1. The number of pyridine rings is 1. The van der Waals surface area contributed by atoms with Crippen molar-refractivity contribution in [2.24, 2.45) is 0 Å². The number of carbonyl (C=O) groups excluding carboxylic acids is 2. The largest absolute Gasteiger partial charge is 0.369 e. The Labute approximate surface area is 166 Å². The lowest BCUT2D eigenvalue weighted by atomic mass is 10.1. The molecule has 1 atom stereocenters. The first-order valence-corrected chi connectivity index (χ1v) is 9.66. The van der Waals surface area contributed by atoms with Crippen LogP contribution in [0.3, 0.4) is 0 Å². The smallest absolute Gasteiger partial charge is 0.251 e. The molecule has 1 aromatic carbocycles. The maximum Gasteiger partial charge on any atom is 0.251 e. The molecule has 0 unspecified atom stereocenters. The van der Waals surface area contributed by atoms with Gasteiger partial charge in [-0.2, -0.15) is 0 Å². The van der Waals surface area contributed by atoms with E-state index in [1.807, 2.05) is 47.8 Å². The predicted molar refractivity (Wildman–Crippen MR) is 106 cm³/mol. The van der Waals surface area contributed by atoms with Crippen molar-refractivity contribution in [3.05, 3.63) is 65.8 Å². The Morgan fingerprint density at radius 2 is 2.11 bits per heavy atom. The lowest BCUT2D eigenvalue weighted by Gasteiger charge is -2.34. The van der Waals surface area contributed by atoms with Crippen molar-refractivity contribution in [1.82, 2.24) is 14.9 Å². The number of nitrogens with one attached hydrogen (secondary N) is 1. The summed E-state index contributed by atoms with van der Waals surface area (Å²) in [7, 11) is 0. The van der Waals surface area contributed by atoms with Gasteiger partial charge in [0, 0.05) is 29.9 Å². The van der Waals surface area contributed by atoms with E-state index < -0.39 is 6.04 Å². The van der Waals surface area contributed by atoms with Crippen molar-refractivity contribution in [3.63, 3.8) is 0 Å². The number of benzene rings is 1. The summed E-state index contributed by atoms with van der Waals surface area (Å²) in [6.45, 7) is 0.504. The molecule has 2 amide bonds. The number of carbonyl (C=O) groups is 2. The molecule has 8 heteroatoms. The summed E-state index contributed by atoms with van der Waals surface area (Å²) in [5.74, 6) is -0.512. The maximum atomic E-state index is 12.8. The van der Waals surface area contributed by atoms with Crippen molar-refractivity contribution in [1.29, 1.82) is 0 Å². The molecule has 1 aliphatic heterocycles. The van der Waals surface area contributed by atoms with E-state index >= 15 is 0 Å². The molecule has 1 saturated heterocycles. The van der Waals surface area contributed by atoms with Gasteiger partial charge in [-0.25, -0.2) is 4.98 Å². The lowest BCUT2D eigenvalue weighted by Crippen LogP contribution is -2.54.